The first kappa shape index (κ1) is 13.3. The average molecular weight is 258 g/mol. The van der Waals surface area contributed by atoms with Crippen molar-refractivity contribution in [1.82, 2.24) is 0 Å². The Labute approximate surface area is 111 Å². The average Bonchev–Trinajstić information content (AvgIpc) is 2.38. The van der Waals surface area contributed by atoms with Crippen molar-refractivity contribution in [2.45, 2.75) is 13.8 Å². The molecule has 0 bridgehead atoms. The second-order valence-corrected chi connectivity index (χ2v) is 4.49. The van der Waals surface area contributed by atoms with E-state index in [0.29, 0.717) is 11.1 Å². The first-order chi connectivity index (χ1) is 9.06. The molecular weight excluding hydrogens is 243 g/mol. The van der Waals surface area contributed by atoms with Gasteiger partial charge in [0.1, 0.15) is 11.6 Å². The van der Waals surface area contributed by atoms with E-state index in [-0.39, 0.29) is 5.82 Å². The van der Waals surface area contributed by atoms with E-state index in [1.165, 1.54) is 18.2 Å². The van der Waals surface area contributed by atoms with Gasteiger partial charge in [0.05, 0.1) is 7.11 Å². The molecule has 2 nitrogen and oxygen atoms in total. The lowest BCUT2D eigenvalue weighted by Crippen LogP contribution is -1.94. The molecule has 0 spiro atoms. The van der Waals surface area contributed by atoms with E-state index < -0.39 is 0 Å². The normalized spacial score (nSPS) is 10.3. The van der Waals surface area contributed by atoms with E-state index in [2.05, 4.69) is 0 Å². The topological polar surface area (TPSA) is 26.3 Å². The van der Waals surface area contributed by atoms with Crippen molar-refractivity contribution in [1.29, 1.82) is 0 Å². The molecule has 0 saturated carbocycles. The molecule has 2 rings (SSSR count). The highest BCUT2D eigenvalue weighted by Gasteiger charge is 2.10. The minimum absolute atomic E-state index is 0.355. The monoisotopic (exact) mass is 258 g/mol. The quantitative estimate of drug-likeness (QED) is 0.780. The SMILES string of the molecule is COc1c(C)cc(-c2cc(F)ccc2C=O)cc1C. The highest BCUT2D eigenvalue weighted by Crippen LogP contribution is 2.31. The van der Waals surface area contributed by atoms with Crippen LogP contribution in [0.2, 0.25) is 0 Å². The molecule has 0 N–H and O–H groups in total. The number of hydrogen-bond donors (Lipinski definition) is 0. The fourth-order valence-electron chi connectivity index (χ4n) is 2.31. The van der Waals surface area contributed by atoms with Gasteiger partial charge in [-0.25, -0.2) is 4.39 Å². The molecule has 0 aliphatic carbocycles. The van der Waals surface area contributed by atoms with Crippen molar-refractivity contribution >= 4 is 6.29 Å². The van der Waals surface area contributed by atoms with Crippen LogP contribution in [0.5, 0.6) is 5.75 Å². The van der Waals surface area contributed by atoms with Crippen LogP contribution in [0.25, 0.3) is 11.1 Å². The summed E-state index contributed by atoms with van der Waals surface area (Å²) in [5.74, 6) is 0.458. The van der Waals surface area contributed by atoms with E-state index in [1.54, 1.807) is 7.11 Å². The molecule has 3 heteroatoms. The molecule has 0 radical (unpaired) electrons. The molecule has 19 heavy (non-hydrogen) atoms. The second kappa shape index (κ2) is 5.22. The van der Waals surface area contributed by atoms with Crippen LogP contribution in [0.4, 0.5) is 4.39 Å². The Hall–Kier alpha value is -2.16. The van der Waals surface area contributed by atoms with Gasteiger partial charge in [0.2, 0.25) is 0 Å². The van der Waals surface area contributed by atoms with Crippen molar-refractivity contribution < 1.29 is 13.9 Å². The molecule has 0 amide bonds. The lowest BCUT2D eigenvalue weighted by atomic mass is 9.96. The van der Waals surface area contributed by atoms with Crippen molar-refractivity contribution in [3.63, 3.8) is 0 Å². The highest BCUT2D eigenvalue weighted by molar-refractivity contribution is 5.88. The Balaban J connectivity index is 2.65. The number of carbonyl (C=O) groups excluding carboxylic acids is 1. The third-order valence-corrected chi connectivity index (χ3v) is 3.12. The van der Waals surface area contributed by atoms with Gasteiger partial charge in [-0.15, -0.1) is 0 Å². The minimum Gasteiger partial charge on any atom is -0.496 e. The van der Waals surface area contributed by atoms with Gasteiger partial charge in [-0.3, -0.25) is 4.79 Å². The summed E-state index contributed by atoms with van der Waals surface area (Å²) < 4.78 is 18.7. The summed E-state index contributed by atoms with van der Waals surface area (Å²) in [5, 5.41) is 0. The van der Waals surface area contributed by atoms with E-state index >= 15 is 0 Å². The molecular formula is C16H15FO2. The second-order valence-electron chi connectivity index (χ2n) is 4.49. The lowest BCUT2D eigenvalue weighted by molar-refractivity contribution is 0.112. The van der Waals surface area contributed by atoms with Gasteiger partial charge < -0.3 is 4.74 Å². The number of aryl methyl sites for hydroxylation is 2. The summed E-state index contributed by atoms with van der Waals surface area (Å²) in [6.45, 7) is 3.85. The molecule has 0 aliphatic heterocycles. The number of aldehydes is 1. The zero-order valence-electron chi connectivity index (χ0n) is 11.2. The molecule has 0 aromatic heterocycles. The lowest BCUT2D eigenvalue weighted by Gasteiger charge is -2.12. The number of benzene rings is 2. The van der Waals surface area contributed by atoms with Gasteiger partial charge in [0.25, 0.3) is 0 Å². The van der Waals surface area contributed by atoms with Gasteiger partial charge >= 0.3 is 0 Å². The Morgan fingerprint density at radius 2 is 1.74 bits per heavy atom. The molecule has 0 fully saturated rings. The van der Waals surface area contributed by atoms with Gasteiger partial charge in [-0.1, -0.05) is 0 Å². The predicted molar refractivity (Wildman–Crippen MR) is 73.2 cm³/mol. The van der Waals surface area contributed by atoms with Crippen LogP contribution in [0.1, 0.15) is 21.5 Å². The fraction of sp³-hybridized carbons (Fsp3) is 0.188. The minimum atomic E-state index is -0.355. The summed E-state index contributed by atoms with van der Waals surface area (Å²) in [6, 6.07) is 7.95. The molecule has 0 unspecified atom stereocenters. The highest BCUT2D eigenvalue weighted by atomic mass is 19.1. The molecule has 0 aliphatic rings. The number of rotatable bonds is 3. The van der Waals surface area contributed by atoms with E-state index in [9.17, 15) is 9.18 Å². The standard InChI is InChI=1S/C16H15FO2/c1-10-6-13(7-11(2)16(10)19-3)15-8-14(17)5-4-12(15)9-18/h4-9H,1-3H3. The summed E-state index contributed by atoms with van der Waals surface area (Å²) in [6.07, 6.45) is 0.740. The first-order valence-electron chi connectivity index (χ1n) is 5.97. The molecule has 0 atom stereocenters. The van der Waals surface area contributed by atoms with Crippen LogP contribution in [0, 0.1) is 19.7 Å². The molecule has 2 aromatic carbocycles. The fourth-order valence-corrected chi connectivity index (χ4v) is 2.31. The molecule has 0 heterocycles. The number of carbonyl (C=O) groups is 1. The van der Waals surface area contributed by atoms with E-state index in [1.807, 2.05) is 26.0 Å². The zero-order chi connectivity index (χ0) is 14.0. The first-order valence-corrected chi connectivity index (χ1v) is 5.97. The van der Waals surface area contributed by atoms with Crippen molar-refractivity contribution in [2.24, 2.45) is 0 Å². The Bertz CT molecular complexity index is 610. The summed E-state index contributed by atoms with van der Waals surface area (Å²) in [7, 11) is 1.62. The van der Waals surface area contributed by atoms with Crippen molar-refractivity contribution in [2.75, 3.05) is 7.11 Å². The number of halogens is 1. The van der Waals surface area contributed by atoms with Crippen molar-refractivity contribution in [3.05, 3.63) is 52.8 Å². The van der Waals surface area contributed by atoms with Crippen LogP contribution in [-0.4, -0.2) is 13.4 Å². The van der Waals surface area contributed by atoms with Gasteiger partial charge in [-0.2, -0.15) is 0 Å². The Morgan fingerprint density at radius 1 is 1.11 bits per heavy atom. The van der Waals surface area contributed by atoms with Gasteiger partial charge in [0, 0.05) is 5.56 Å². The third-order valence-electron chi connectivity index (χ3n) is 3.12. The van der Waals surface area contributed by atoms with Crippen molar-refractivity contribution in [3.8, 4) is 16.9 Å². The predicted octanol–water partition coefficient (Wildman–Crippen LogP) is 3.93. The number of hydrogen-bond acceptors (Lipinski definition) is 2. The molecule has 0 saturated heterocycles. The maximum atomic E-state index is 13.4. The third kappa shape index (κ3) is 2.50. The van der Waals surface area contributed by atoms with Crippen LogP contribution in [0.15, 0.2) is 30.3 Å². The molecule has 98 valence electrons. The number of ether oxygens (including phenoxy) is 1. The van der Waals surface area contributed by atoms with Crippen LogP contribution in [-0.2, 0) is 0 Å². The molecule has 2 aromatic rings. The van der Waals surface area contributed by atoms with Gasteiger partial charge in [0.15, 0.2) is 6.29 Å². The summed E-state index contributed by atoms with van der Waals surface area (Å²) in [5.41, 5.74) is 3.81. The largest absolute Gasteiger partial charge is 0.496 e. The number of methoxy groups -OCH3 is 1. The van der Waals surface area contributed by atoms with Crippen LogP contribution in [0.3, 0.4) is 0 Å². The zero-order valence-corrected chi connectivity index (χ0v) is 11.2. The van der Waals surface area contributed by atoms with E-state index in [4.69, 9.17) is 4.74 Å². The van der Waals surface area contributed by atoms with Crippen LogP contribution >= 0.6 is 0 Å². The smallest absolute Gasteiger partial charge is 0.150 e. The Morgan fingerprint density at radius 3 is 2.26 bits per heavy atom. The van der Waals surface area contributed by atoms with Gasteiger partial charge in [-0.05, 0) is 66.4 Å². The Kier molecular flexibility index (Phi) is 3.65. The van der Waals surface area contributed by atoms with Crippen LogP contribution < -0.4 is 4.74 Å². The summed E-state index contributed by atoms with van der Waals surface area (Å²) >= 11 is 0. The summed E-state index contributed by atoms with van der Waals surface area (Å²) in [4.78, 5) is 11.1. The maximum absolute atomic E-state index is 13.4. The maximum Gasteiger partial charge on any atom is 0.150 e. The van der Waals surface area contributed by atoms with E-state index in [0.717, 1.165) is 28.7 Å².